The van der Waals surface area contributed by atoms with E-state index in [0.29, 0.717) is 30.2 Å². The molecule has 27 heavy (non-hydrogen) atoms. The van der Waals surface area contributed by atoms with Crippen molar-refractivity contribution in [2.45, 2.75) is 19.8 Å². The minimum absolute atomic E-state index is 0.0428. The van der Waals surface area contributed by atoms with Crippen molar-refractivity contribution in [1.82, 2.24) is 0 Å². The number of benzene rings is 2. The number of amides is 2. The molecule has 0 aliphatic carbocycles. The summed E-state index contributed by atoms with van der Waals surface area (Å²) >= 11 is 0. The van der Waals surface area contributed by atoms with Gasteiger partial charge < -0.3 is 20.7 Å². The molecular formula is C21H25N3O3. The van der Waals surface area contributed by atoms with Gasteiger partial charge in [0.25, 0.3) is 0 Å². The van der Waals surface area contributed by atoms with Crippen LogP contribution in [0, 0.1) is 0 Å². The van der Waals surface area contributed by atoms with E-state index in [1.165, 1.54) is 0 Å². The van der Waals surface area contributed by atoms with E-state index in [4.69, 9.17) is 4.74 Å². The van der Waals surface area contributed by atoms with Crippen LogP contribution in [0.5, 0.6) is 5.75 Å². The van der Waals surface area contributed by atoms with Crippen LogP contribution in [0.25, 0.3) is 0 Å². The van der Waals surface area contributed by atoms with Crippen LogP contribution in [0.15, 0.2) is 61.2 Å². The Labute approximate surface area is 159 Å². The number of ether oxygens (including phenoxy) is 1. The molecule has 142 valence electrons. The van der Waals surface area contributed by atoms with Crippen LogP contribution >= 0.6 is 0 Å². The van der Waals surface area contributed by atoms with Crippen LogP contribution in [0.2, 0.25) is 0 Å². The summed E-state index contributed by atoms with van der Waals surface area (Å²) < 4.78 is 5.56. The molecule has 6 nitrogen and oxygen atoms in total. The van der Waals surface area contributed by atoms with Gasteiger partial charge in [-0.15, -0.1) is 0 Å². The maximum absolute atomic E-state index is 12.2. The lowest BCUT2D eigenvalue weighted by atomic mass is 10.2. The van der Waals surface area contributed by atoms with Crippen molar-refractivity contribution in [3.8, 4) is 5.75 Å². The number of hydrogen-bond acceptors (Lipinski definition) is 4. The number of para-hydroxylation sites is 2. The molecule has 2 rings (SSSR count). The van der Waals surface area contributed by atoms with Gasteiger partial charge in [-0.1, -0.05) is 37.8 Å². The largest absolute Gasteiger partial charge is 0.487 e. The van der Waals surface area contributed by atoms with Gasteiger partial charge in [-0.2, -0.15) is 0 Å². The van der Waals surface area contributed by atoms with Crippen molar-refractivity contribution in [3.05, 3.63) is 61.2 Å². The fourth-order valence-corrected chi connectivity index (χ4v) is 2.39. The molecule has 0 saturated heterocycles. The molecule has 2 aromatic carbocycles. The van der Waals surface area contributed by atoms with Gasteiger partial charge in [0.15, 0.2) is 0 Å². The summed E-state index contributed by atoms with van der Waals surface area (Å²) in [6.07, 6.45) is 2.91. The Morgan fingerprint density at radius 1 is 1.04 bits per heavy atom. The van der Waals surface area contributed by atoms with Crippen molar-refractivity contribution in [2.75, 3.05) is 29.1 Å². The highest BCUT2D eigenvalue weighted by Gasteiger charge is 2.07. The summed E-state index contributed by atoms with van der Waals surface area (Å²) in [6.45, 7) is 6.05. The fourth-order valence-electron chi connectivity index (χ4n) is 2.39. The monoisotopic (exact) mass is 367 g/mol. The Kier molecular flexibility index (Phi) is 7.91. The van der Waals surface area contributed by atoms with Crippen molar-refractivity contribution in [2.24, 2.45) is 0 Å². The first-order valence-corrected chi connectivity index (χ1v) is 8.88. The average Bonchev–Trinajstić information content (AvgIpc) is 2.66. The molecule has 0 heterocycles. The number of rotatable bonds is 10. The maximum Gasteiger partial charge on any atom is 0.243 e. The molecule has 0 atom stereocenters. The lowest BCUT2D eigenvalue weighted by Gasteiger charge is -2.13. The minimum Gasteiger partial charge on any atom is -0.487 e. The first-order valence-electron chi connectivity index (χ1n) is 8.88. The van der Waals surface area contributed by atoms with Gasteiger partial charge in [0, 0.05) is 17.8 Å². The first-order chi connectivity index (χ1) is 13.1. The van der Waals surface area contributed by atoms with Gasteiger partial charge in [0.1, 0.15) is 12.4 Å². The van der Waals surface area contributed by atoms with Crippen molar-refractivity contribution < 1.29 is 14.3 Å². The maximum atomic E-state index is 12.2. The van der Waals surface area contributed by atoms with Crippen LogP contribution in [0.3, 0.4) is 0 Å². The third-order valence-electron chi connectivity index (χ3n) is 3.59. The predicted molar refractivity (Wildman–Crippen MR) is 109 cm³/mol. The van der Waals surface area contributed by atoms with Crippen molar-refractivity contribution in [1.29, 1.82) is 0 Å². The smallest absolute Gasteiger partial charge is 0.243 e. The Balaban J connectivity index is 1.91. The number of nitrogens with one attached hydrogen (secondary N) is 3. The van der Waals surface area contributed by atoms with Gasteiger partial charge in [0.05, 0.1) is 12.2 Å². The minimum atomic E-state index is -0.203. The van der Waals surface area contributed by atoms with Gasteiger partial charge in [0.2, 0.25) is 11.8 Å². The summed E-state index contributed by atoms with van der Waals surface area (Å²) in [4.78, 5) is 23.9. The second-order valence-electron chi connectivity index (χ2n) is 5.88. The van der Waals surface area contributed by atoms with E-state index in [0.717, 1.165) is 12.1 Å². The quantitative estimate of drug-likeness (QED) is 0.554. The molecule has 0 aromatic heterocycles. The zero-order valence-electron chi connectivity index (χ0n) is 15.5. The average molecular weight is 367 g/mol. The van der Waals surface area contributed by atoms with Crippen molar-refractivity contribution in [3.63, 3.8) is 0 Å². The zero-order valence-corrected chi connectivity index (χ0v) is 15.5. The first kappa shape index (κ1) is 20.0. The van der Waals surface area contributed by atoms with Crippen LogP contribution in [-0.2, 0) is 9.59 Å². The third-order valence-corrected chi connectivity index (χ3v) is 3.59. The lowest BCUT2D eigenvalue weighted by molar-refractivity contribution is -0.116. The van der Waals surface area contributed by atoms with Crippen LogP contribution < -0.4 is 20.7 Å². The second-order valence-corrected chi connectivity index (χ2v) is 5.88. The molecule has 2 amide bonds. The molecule has 6 heteroatoms. The third kappa shape index (κ3) is 6.86. The van der Waals surface area contributed by atoms with Gasteiger partial charge in [-0.05, 0) is 36.8 Å². The molecule has 0 aliphatic rings. The summed E-state index contributed by atoms with van der Waals surface area (Å²) in [6, 6.07) is 14.5. The summed E-state index contributed by atoms with van der Waals surface area (Å²) in [5.74, 6) is 0.412. The molecule has 0 aliphatic heterocycles. The van der Waals surface area contributed by atoms with Crippen LogP contribution in [0.1, 0.15) is 19.8 Å². The molecule has 0 fully saturated rings. The standard InChI is InChI=1S/C21H25N3O3/c1-3-8-20(25)23-16-9-7-10-17(14-16)24-21(26)15-22-18-11-5-6-12-19(18)27-13-4-2/h4-7,9-12,14,22H,2-3,8,13,15H2,1H3,(H,23,25)(H,24,26). The Bertz CT molecular complexity index is 790. The van der Waals surface area contributed by atoms with E-state index >= 15 is 0 Å². The second kappa shape index (κ2) is 10.7. The summed E-state index contributed by atoms with van der Waals surface area (Å²) in [7, 11) is 0. The molecule has 0 bridgehead atoms. The van der Waals surface area contributed by atoms with E-state index in [2.05, 4.69) is 22.5 Å². The van der Waals surface area contributed by atoms with Crippen LogP contribution in [0.4, 0.5) is 17.1 Å². The fraction of sp³-hybridized carbons (Fsp3) is 0.238. The van der Waals surface area contributed by atoms with E-state index in [1.807, 2.05) is 31.2 Å². The van der Waals surface area contributed by atoms with Gasteiger partial charge in [-0.25, -0.2) is 0 Å². The van der Waals surface area contributed by atoms with E-state index in [-0.39, 0.29) is 18.4 Å². The molecule has 0 radical (unpaired) electrons. The highest BCUT2D eigenvalue weighted by Crippen LogP contribution is 2.23. The Hall–Kier alpha value is -3.28. The van der Waals surface area contributed by atoms with Gasteiger partial charge in [-0.3, -0.25) is 9.59 Å². The van der Waals surface area contributed by atoms with E-state index < -0.39 is 0 Å². The lowest BCUT2D eigenvalue weighted by Crippen LogP contribution is -2.22. The topological polar surface area (TPSA) is 79.5 Å². The molecule has 0 spiro atoms. The van der Waals surface area contributed by atoms with Crippen LogP contribution in [-0.4, -0.2) is 25.0 Å². The Morgan fingerprint density at radius 2 is 1.74 bits per heavy atom. The van der Waals surface area contributed by atoms with Gasteiger partial charge >= 0.3 is 0 Å². The number of carbonyl (C=O) groups excluding carboxylic acids is 2. The highest BCUT2D eigenvalue weighted by molar-refractivity contribution is 5.95. The number of carbonyl (C=O) groups is 2. The number of hydrogen-bond donors (Lipinski definition) is 3. The predicted octanol–water partition coefficient (Wildman–Crippen LogP) is 4.04. The highest BCUT2D eigenvalue weighted by atomic mass is 16.5. The summed E-state index contributed by atoms with van der Waals surface area (Å²) in [5, 5.41) is 8.69. The van der Waals surface area contributed by atoms with Crippen molar-refractivity contribution >= 4 is 28.9 Å². The molecular weight excluding hydrogens is 342 g/mol. The van der Waals surface area contributed by atoms with E-state index in [1.54, 1.807) is 30.3 Å². The Morgan fingerprint density at radius 3 is 2.44 bits per heavy atom. The molecule has 0 unspecified atom stereocenters. The van der Waals surface area contributed by atoms with E-state index in [9.17, 15) is 9.59 Å². The summed E-state index contributed by atoms with van der Waals surface area (Å²) in [5.41, 5.74) is 2.00. The normalized spacial score (nSPS) is 9.96. The molecule has 0 saturated carbocycles. The molecule has 2 aromatic rings. The SMILES string of the molecule is C=CCOc1ccccc1NCC(=O)Nc1cccc(NC(=O)CCC)c1. The number of anilines is 3. The molecule has 3 N–H and O–H groups in total. The zero-order chi connectivity index (χ0) is 19.5.